The highest BCUT2D eigenvalue weighted by Crippen LogP contribution is 2.33. The molecule has 1 aliphatic heterocycles. The lowest BCUT2D eigenvalue weighted by Gasteiger charge is -2.35. The average molecular weight is 523 g/mol. The number of thiophene rings is 1. The molecule has 10 nitrogen and oxygen atoms in total. The van der Waals surface area contributed by atoms with E-state index in [1.54, 1.807) is 41.3 Å². The molecule has 1 saturated heterocycles. The molecule has 1 fully saturated rings. The lowest BCUT2D eigenvalue weighted by Crippen LogP contribution is -2.49. The van der Waals surface area contributed by atoms with E-state index in [9.17, 15) is 13.2 Å². The smallest absolute Gasteiger partial charge is 0.289 e. The van der Waals surface area contributed by atoms with Gasteiger partial charge in [-0.1, -0.05) is 24.3 Å². The molecule has 184 valence electrons. The number of anilines is 1. The van der Waals surface area contributed by atoms with Crippen LogP contribution < -0.4 is 4.90 Å². The first-order valence-corrected chi connectivity index (χ1v) is 13.9. The van der Waals surface area contributed by atoms with Crippen molar-refractivity contribution in [3.05, 3.63) is 65.4 Å². The molecule has 0 N–H and O–H groups in total. The molecule has 6 rings (SSSR count). The van der Waals surface area contributed by atoms with Gasteiger partial charge in [0.25, 0.3) is 5.91 Å². The number of fused-ring (bicyclic) bond motifs is 3. The van der Waals surface area contributed by atoms with E-state index in [2.05, 4.69) is 15.2 Å². The summed E-state index contributed by atoms with van der Waals surface area (Å²) in [7, 11) is -3.93. The van der Waals surface area contributed by atoms with E-state index in [-0.39, 0.29) is 21.5 Å². The Morgan fingerprint density at radius 2 is 1.86 bits per heavy atom. The minimum absolute atomic E-state index is 0.146. The van der Waals surface area contributed by atoms with Crippen LogP contribution in [0.2, 0.25) is 0 Å². The number of piperazine rings is 1. The van der Waals surface area contributed by atoms with Gasteiger partial charge in [0.1, 0.15) is 0 Å². The van der Waals surface area contributed by atoms with Crippen LogP contribution in [0.3, 0.4) is 0 Å². The molecular formula is C24H22N6O4S2. The molecule has 0 saturated carbocycles. The van der Waals surface area contributed by atoms with Crippen molar-refractivity contribution in [2.75, 3.05) is 31.1 Å². The second-order valence-corrected chi connectivity index (χ2v) is 11.2. The molecule has 0 atom stereocenters. The number of aryl methyl sites for hydroxylation is 1. The predicted molar refractivity (Wildman–Crippen MR) is 134 cm³/mol. The van der Waals surface area contributed by atoms with Gasteiger partial charge >= 0.3 is 0 Å². The maximum absolute atomic E-state index is 13.5. The summed E-state index contributed by atoms with van der Waals surface area (Å²) >= 11 is 1.51. The second kappa shape index (κ2) is 8.71. The molecule has 4 aromatic heterocycles. The zero-order valence-electron chi connectivity index (χ0n) is 19.4. The first-order valence-electron chi connectivity index (χ1n) is 11.5. The zero-order chi connectivity index (χ0) is 24.9. The summed E-state index contributed by atoms with van der Waals surface area (Å²) in [5.41, 5.74) is 1.97. The van der Waals surface area contributed by atoms with E-state index in [0.29, 0.717) is 37.8 Å². The van der Waals surface area contributed by atoms with Gasteiger partial charge in [-0.3, -0.25) is 4.79 Å². The zero-order valence-corrected chi connectivity index (χ0v) is 21.0. The van der Waals surface area contributed by atoms with Crippen LogP contribution in [0.15, 0.2) is 68.4 Å². The van der Waals surface area contributed by atoms with Gasteiger partial charge < -0.3 is 14.2 Å². The van der Waals surface area contributed by atoms with Crippen LogP contribution in [0.5, 0.6) is 0 Å². The molecular weight excluding hydrogens is 500 g/mol. The second-order valence-electron chi connectivity index (χ2n) is 8.46. The molecule has 1 aromatic carbocycles. The first kappa shape index (κ1) is 22.7. The SMILES string of the molecule is CCc1ccc(S(=O)(=O)c2nnn3c2nc(N2CCN(C(=O)c4ccco4)CC2)c2sccc23)cc1. The van der Waals surface area contributed by atoms with Crippen molar-refractivity contribution in [1.29, 1.82) is 0 Å². The van der Waals surface area contributed by atoms with Crippen LogP contribution in [-0.4, -0.2) is 65.2 Å². The Bertz CT molecular complexity index is 1670. The van der Waals surface area contributed by atoms with Crippen LogP contribution >= 0.6 is 11.3 Å². The summed E-state index contributed by atoms with van der Waals surface area (Å²) in [6, 6.07) is 12.0. The maximum Gasteiger partial charge on any atom is 0.289 e. The van der Waals surface area contributed by atoms with E-state index in [1.807, 2.05) is 18.4 Å². The van der Waals surface area contributed by atoms with Crippen LogP contribution in [-0.2, 0) is 16.3 Å². The predicted octanol–water partition coefficient (Wildman–Crippen LogP) is 3.29. The number of carbonyl (C=O) groups excluding carboxylic acids is 1. The van der Waals surface area contributed by atoms with Gasteiger partial charge in [-0.15, -0.1) is 16.4 Å². The van der Waals surface area contributed by atoms with Crippen LogP contribution in [0.25, 0.3) is 15.9 Å². The number of hydrogen-bond donors (Lipinski definition) is 0. The van der Waals surface area contributed by atoms with Gasteiger partial charge in [0.05, 0.1) is 21.4 Å². The van der Waals surface area contributed by atoms with Crippen molar-refractivity contribution < 1.29 is 17.6 Å². The minimum atomic E-state index is -3.93. The largest absolute Gasteiger partial charge is 0.459 e. The number of aromatic nitrogens is 4. The van der Waals surface area contributed by atoms with Crippen molar-refractivity contribution in [2.45, 2.75) is 23.3 Å². The summed E-state index contributed by atoms with van der Waals surface area (Å²) in [4.78, 5) is 21.4. The summed E-state index contributed by atoms with van der Waals surface area (Å²) in [5.74, 6) is 0.834. The molecule has 5 aromatic rings. The van der Waals surface area contributed by atoms with E-state index < -0.39 is 9.84 Å². The molecule has 1 aliphatic rings. The molecule has 12 heteroatoms. The lowest BCUT2D eigenvalue weighted by molar-refractivity contribution is 0.0714. The summed E-state index contributed by atoms with van der Waals surface area (Å²) < 4.78 is 34.6. The molecule has 36 heavy (non-hydrogen) atoms. The molecule has 0 radical (unpaired) electrons. The van der Waals surface area contributed by atoms with Crippen LogP contribution in [0.4, 0.5) is 5.82 Å². The van der Waals surface area contributed by atoms with Gasteiger partial charge in [-0.2, -0.15) is 4.52 Å². The number of carbonyl (C=O) groups is 1. The van der Waals surface area contributed by atoms with Crippen molar-refractivity contribution in [3.8, 4) is 0 Å². The monoisotopic (exact) mass is 522 g/mol. The van der Waals surface area contributed by atoms with Gasteiger partial charge in [0.2, 0.25) is 14.9 Å². The Labute approximate surface area is 210 Å². The van der Waals surface area contributed by atoms with Gasteiger partial charge in [0, 0.05) is 26.2 Å². The number of hydrogen-bond acceptors (Lipinski definition) is 9. The standard InChI is InChI=1S/C24H22N6O4S2/c1-2-16-5-7-17(8-6-16)36(32,33)23-22-25-21(20-18(9-15-35-20)30(22)27-26-23)28-10-12-29(13-11-28)24(31)19-4-3-14-34-19/h3-9,14-15H,2,10-13H2,1H3. The Morgan fingerprint density at radius 3 is 2.56 bits per heavy atom. The Balaban J connectivity index is 1.37. The number of amides is 1. The molecule has 0 unspecified atom stereocenters. The lowest BCUT2D eigenvalue weighted by atomic mass is 10.2. The molecule has 0 bridgehead atoms. The Hall–Kier alpha value is -3.77. The quantitative estimate of drug-likeness (QED) is 0.346. The average Bonchev–Trinajstić information content (AvgIpc) is 3.68. The third-order valence-corrected chi connectivity index (χ3v) is 8.96. The third-order valence-electron chi connectivity index (χ3n) is 6.40. The molecule has 1 amide bonds. The normalized spacial score (nSPS) is 14.7. The van der Waals surface area contributed by atoms with Crippen molar-refractivity contribution in [1.82, 2.24) is 24.7 Å². The summed E-state index contributed by atoms with van der Waals surface area (Å²) in [6.07, 6.45) is 2.30. The number of furan rings is 1. The van der Waals surface area contributed by atoms with E-state index in [0.717, 1.165) is 22.2 Å². The number of nitrogens with zero attached hydrogens (tertiary/aromatic N) is 6. The maximum atomic E-state index is 13.5. The van der Waals surface area contributed by atoms with E-state index >= 15 is 0 Å². The fourth-order valence-corrected chi connectivity index (χ4v) is 6.51. The highest BCUT2D eigenvalue weighted by molar-refractivity contribution is 7.91. The number of benzene rings is 1. The topological polar surface area (TPSA) is 114 Å². The van der Waals surface area contributed by atoms with Crippen molar-refractivity contribution in [3.63, 3.8) is 0 Å². The van der Waals surface area contributed by atoms with Crippen molar-refractivity contribution >= 4 is 48.8 Å². The first-order chi connectivity index (χ1) is 17.5. The Morgan fingerprint density at radius 1 is 1.08 bits per heavy atom. The summed E-state index contributed by atoms with van der Waals surface area (Å²) in [6.45, 7) is 4.09. The highest BCUT2D eigenvalue weighted by Gasteiger charge is 2.30. The van der Waals surface area contributed by atoms with Crippen LogP contribution in [0.1, 0.15) is 23.0 Å². The van der Waals surface area contributed by atoms with Crippen molar-refractivity contribution in [2.24, 2.45) is 0 Å². The summed E-state index contributed by atoms with van der Waals surface area (Å²) in [5, 5.41) is 9.94. The number of rotatable bonds is 5. The molecule has 5 heterocycles. The van der Waals surface area contributed by atoms with Gasteiger partial charge in [0.15, 0.2) is 17.2 Å². The van der Waals surface area contributed by atoms with Gasteiger partial charge in [-0.05, 0) is 47.7 Å². The molecule has 0 spiro atoms. The van der Waals surface area contributed by atoms with E-state index in [1.165, 1.54) is 22.1 Å². The van der Waals surface area contributed by atoms with Gasteiger partial charge in [-0.25, -0.2) is 13.4 Å². The van der Waals surface area contributed by atoms with E-state index in [4.69, 9.17) is 9.40 Å². The fourth-order valence-electron chi connectivity index (χ4n) is 4.39. The fraction of sp³-hybridized carbons (Fsp3) is 0.250. The minimum Gasteiger partial charge on any atom is -0.459 e. The molecule has 0 aliphatic carbocycles. The Kier molecular flexibility index (Phi) is 5.49. The number of sulfone groups is 1. The van der Waals surface area contributed by atoms with Crippen LogP contribution in [0, 0.1) is 0 Å². The third kappa shape index (κ3) is 3.64. The highest BCUT2D eigenvalue weighted by atomic mass is 32.2.